The minimum atomic E-state index is -0.546. The summed E-state index contributed by atoms with van der Waals surface area (Å²) >= 11 is 3.22. The van der Waals surface area contributed by atoms with Gasteiger partial charge in [0.15, 0.2) is 0 Å². The first kappa shape index (κ1) is 15.7. The van der Waals surface area contributed by atoms with Crippen molar-refractivity contribution in [1.29, 1.82) is 0 Å². The fraction of sp³-hybridized carbons (Fsp3) is 0.235. The molecule has 0 fully saturated rings. The molecule has 0 unspecified atom stereocenters. The molecule has 0 radical (unpaired) electrons. The third kappa shape index (κ3) is 3.50. The van der Waals surface area contributed by atoms with Crippen molar-refractivity contribution in [2.24, 2.45) is 0 Å². The van der Waals surface area contributed by atoms with E-state index in [9.17, 15) is 9.18 Å². The third-order valence-corrected chi connectivity index (χ3v) is 3.83. The first-order chi connectivity index (χ1) is 9.80. The SMILES string of the molecule is CC(C)(C)c1ccccc1NC(=O)c1c(F)cccc1Br. The molecule has 0 spiro atoms. The van der Waals surface area contributed by atoms with Crippen molar-refractivity contribution in [1.82, 2.24) is 0 Å². The molecule has 21 heavy (non-hydrogen) atoms. The summed E-state index contributed by atoms with van der Waals surface area (Å²) in [6.45, 7) is 6.20. The molecule has 4 heteroatoms. The highest BCUT2D eigenvalue weighted by Gasteiger charge is 2.21. The molecule has 2 aromatic rings. The molecule has 1 N–H and O–H groups in total. The van der Waals surface area contributed by atoms with Crippen molar-refractivity contribution < 1.29 is 9.18 Å². The summed E-state index contributed by atoms with van der Waals surface area (Å²) in [6.07, 6.45) is 0. The molecule has 0 aliphatic rings. The van der Waals surface area contributed by atoms with E-state index < -0.39 is 11.7 Å². The van der Waals surface area contributed by atoms with E-state index in [1.54, 1.807) is 12.1 Å². The molecule has 2 nitrogen and oxygen atoms in total. The van der Waals surface area contributed by atoms with Crippen LogP contribution in [0.15, 0.2) is 46.9 Å². The number of carbonyl (C=O) groups excluding carboxylic acids is 1. The normalized spacial score (nSPS) is 11.3. The lowest BCUT2D eigenvalue weighted by Gasteiger charge is -2.23. The van der Waals surface area contributed by atoms with Crippen molar-refractivity contribution in [3.8, 4) is 0 Å². The lowest BCUT2D eigenvalue weighted by Crippen LogP contribution is -2.19. The van der Waals surface area contributed by atoms with Crippen LogP contribution in [0.5, 0.6) is 0 Å². The number of para-hydroxylation sites is 1. The summed E-state index contributed by atoms with van der Waals surface area (Å²) in [4.78, 5) is 12.4. The summed E-state index contributed by atoms with van der Waals surface area (Å²) in [6, 6.07) is 12.0. The van der Waals surface area contributed by atoms with Gasteiger partial charge < -0.3 is 5.32 Å². The second kappa shape index (κ2) is 5.98. The standard InChI is InChI=1S/C17H17BrFNO/c1-17(2,3)11-7-4-5-10-14(11)20-16(21)15-12(18)8-6-9-13(15)19/h4-10H,1-3H3,(H,20,21). The average molecular weight is 350 g/mol. The zero-order chi connectivity index (χ0) is 15.6. The Morgan fingerprint density at radius 1 is 1.10 bits per heavy atom. The number of hydrogen-bond acceptors (Lipinski definition) is 1. The molecule has 0 heterocycles. The lowest BCUT2D eigenvalue weighted by atomic mass is 9.86. The number of amides is 1. The van der Waals surface area contributed by atoms with Crippen LogP contribution in [0, 0.1) is 5.82 Å². The highest BCUT2D eigenvalue weighted by Crippen LogP contribution is 2.30. The molecule has 2 rings (SSSR count). The van der Waals surface area contributed by atoms with Gasteiger partial charge in [0, 0.05) is 10.2 Å². The van der Waals surface area contributed by atoms with E-state index in [0.29, 0.717) is 10.2 Å². The second-order valence-corrected chi connectivity index (χ2v) is 6.70. The Labute approximate surface area is 132 Å². The molecule has 1 amide bonds. The van der Waals surface area contributed by atoms with Crippen LogP contribution in [0.25, 0.3) is 0 Å². The second-order valence-electron chi connectivity index (χ2n) is 5.85. The maximum Gasteiger partial charge on any atom is 0.259 e. The average Bonchev–Trinajstić information content (AvgIpc) is 2.37. The third-order valence-electron chi connectivity index (χ3n) is 3.17. The topological polar surface area (TPSA) is 29.1 Å². The van der Waals surface area contributed by atoms with Gasteiger partial charge in [-0.05, 0) is 45.1 Å². The van der Waals surface area contributed by atoms with E-state index in [0.717, 1.165) is 5.56 Å². The number of benzene rings is 2. The van der Waals surface area contributed by atoms with Crippen molar-refractivity contribution in [3.05, 3.63) is 63.9 Å². The number of carbonyl (C=O) groups is 1. The molecular formula is C17H17BrFNO. The van der Waals surface area contributed by atoms with Gasteiger partial charge in [-0.15, -0.1) is 0 Å². The Morgan fingerprint density at radius 2 is 1.76 bits per heavy atom. The molecule has 110 valence electrons. The fourth-order valence-electron chi connectivity index (χ4n) is 2.15. The van der Waals surface area contributed by atoms with Crippen molar-refractivity contribution in [2.45, 2.75) is 26.2 Å². The number of halogens is 2. The van der Waals surface area contributed by atoms with Crippen molar-refractivity contribution in [2.75, 3.05) is 5.32 Å². The van der Waals surface area contributed by atoms with E-state index in [-0.39, 0.29) is 11.0 Å². The van der Waals surface area contributed by atoms with Gasteiger partial charge in [-0.3, -0.25) is 4.79 Å². The van der Waals surface area contributed by atoms with Crippen LogP contribution in [0.1, 0.15) is 36.7 Å². The van der Waals surface area contributed by atoms with Crippen LogP contribution >= 0.6 is 15.9 Å². The molecule has 0 aliphatic heterocycles. The maximum absolute atomic E-state index is 13.8. The van der Waals surface area contributed by atoms with E-state index >= 15 is 0 Å². The summed E-state index contributed by atoms with van der Waals surface area (Å²) in [5.74, 6) is -1.01. The molecule has 0 saturated carbocycles. The van der Waals surface area contributed by atoms with Gasteiger partial charge in [0.05, 0.1) is 5.56 Å². The minimum absolute atomic E-state index is 0.0150. The Hall–Kier alpha value is -1.68. The van der Waals surface area contributed by atoms with Crippen molar-refractivity contribution >= 4 is 27.5 Å². The van der Waals surface area contributed by atoms with Gasteiger partial charge in [-0.2, -0.15) is 0 Å². The zero-order valence-electron chi connectivity index (χ0n) is 12.2. The van der Waals surface area contributed by atoms with Crippen LogP contribution < -0.4 is 5.32 Å². The van der Waals surface area contributed by atoms with Crippen LogP contribution in [0.3, 0.4) is 0 Å². The van der Waals surface area contributed by atoms with Gasteiger partial charge in [0.2, 0.25) is 0 Å². The Kier molecular flexibility index (Phi) is 4.47. The number of hydrogen-bond donors (Lipinski definition) is 1. The first-order valence-electron chi connectivity index (χ1n) is 6.65. The summed E-state index contributed by atoms with van der Waals surface area (Å²) in [5.41, 5.74) is 1.60. The molecule has 0 bridgehead atoms. The molecular weight excluding hydrogens is 333 g/mol. The lowest BCUT2D eigenvalue weighted by molar-refractivity contribution is 0.102. The first-order valence-corrected chi connectivity index (χ1v) is 7.45. The monoisotopic (exact) mass is 349 g/mol. The molecule has 0 atom stereocenters. The van der Waals surface area contributed by atoms with Crippen molar-refractivity contribution in [3.63, 3.8) is 0 Å². The Balaban J connectivity index is 2.38. The van der Waals surface area contributed by atoms with E-state index in [1.165, 1.54) is 6.07 Å². The van der Waals surface area contributed by atoms with E-state index in [2.05, 4.69) is 42.0 Å². The van der Waals surface area contributed by atoms with Gasteiger partial charge in [0.1, 0.15) is 5.82 Å². The van der Waals surface area contributed by atoms with Gasteiger partial charge in [-0.1, -0.05) is 45.0 Å². The van der Waals surface area contributed by atoms with E-state index in [4.69, 9.17) is 0 Å². The number of nitrogens with one attached hydrogen (secondary N) is 1. The largest absolute Gasteiger partial charge is 0.322 e. The van der Waals surface area contributed by atoms with E-state index in [1.807, 2.05) is 24.3 Å². The van der Waals surface area contributed by atoms with Crippen LogP contribution in [0.2, 0.25) is 0 Å². The highest BCUT2D eigenvalue weighted by molar-refractivity contribution is 9.10. The Morgan fingerprint density at radius 3 is 2.38 bits per heavy atom. The van der Waals surface area contributed by atoms with Gasteiger partial charge in [-0.25, -0.2) is 4.39 Å². The number of anilines is 1. The van der Waals surface area contributed by atoms with Crippen LogP contribution in [-0.4, -0.2) is 5.91 Å². The molecule has 0 saturated heterocycles. The van der Waals surface area contributed by atoms with Crippen LogP contribution in [-0.2, 0) is 5.41 Å². The molecule has 0 aliphatic carbocycles. The van der Waals surface area contributed by atoms with Crippen LogP contribution in [0.4, 0.5) is 10.1 Å². The van der Waals surface area contributed by atoms with Gasteiger partial charge in [0.25, 0.3) is 5.91 Å². The summed E-state index contributed by atoms with van der Waals surface area (Å²) in [5, 5.41) is 2.81. The number of rotatable bonds is 2. The highest BCUT2D eigenvalue weighted by atomic mass is 79.9. The molecule has 0 aromatic heterocycles. The predicted octanol–water partition coefficient (Wildman–Crippen LogP) is 5.14. The fourth-order valence-corrected chi connectivity index (χ4v) is 2.67. The smallest absolute Gasteiger partial charge is 0.259 e. The zero-order valence-corrected chi connectivity index (χ0v) is 13.8. The summed E-state index contributed by atoms with van der Waals surface area (Å²) < 4.78 is 14.3. The maximum atomic E-state index is 13.8. The summed E-state index contributed by atoms with van der Waals surface area (Å²) in [7, 11) is 0. The Bertz CT molecular complexity index is 656. The van der Waals surface area contributed by atoms with Gasteiger partial charge >= 0.3 is 0 Å². The minimum Gasteiger partial charge on any atom is -0.322 e. The predicted molar refractivity (Wildman–Crippen MR) is 87.2 cm³/mol. The molecule has 2 aromatic carbocycles. The quantitative estimate of drug-likeness (QED) is 0.799.